The third kappa shape index (κ3) is 10.6. The molecule has 404 valence electrons. The van der Waals surface area contributed by atoms with Gasteiger partial charge in [0.1, 0.15) is 28.3 Å². The average molecular weight is 1100 g/mol. The lowest BCUT2D eigenvalue weighted by Gasteiger charge is -2.08. The van der Waals surface area contributed by atoms with Crippen molar-refractivity contribution in [1.82, 2.24) is 49.8 Å². The molecule has 0 aliphatic rings. The van der Waals surface area contributed by atoms with E-state index in [1.165, 1.54) is 18.2 Å². The zero-order valence-corrected chi connectivity index (χ0v) is 44.7. The third-order valence-corrected chi connectivity index (χ3v) is 13.9. The second-order valence-corrected chi connectivity index (χ2v) is 18.6. The van der Waals surface area contributed by atoms with E-state index in [1.807, 2.05) is 73.7 Å². The maximum absolute atomic E-state index is 11.7. The number of aromatic amines is 3. The third-order valence-electron chi connectivity index (χ3n) is 13.6. The Bertz CT molecular complexity index is 4810. The molecule has 0 atom stereocenters. The van der Waals surface area contributed by atoms with Gasteiger partial charge in [0.25, 0.3) is 0 Å². The normalized spacial score (nSPS) is 10.8. The van der Waals surface area contributed by atoms with Crippen molar-refractivity contribution in [3.63, 3.8) is 0 Å². The predicted octanol–water partition coefficient (Wildman–Crippen LogP) is 13.4. The van der Waals surface area contributed by atoms with E-state index >= 15 is 0 Å². The summed E-state index contributed by atoms with van der Waals surface area (Å²) in [4.78, 5) is 74.6. The van der Waals surface area contributed by atoms with Crippen LogP contribution in [0.25, 0.3) is 109 Å². The molecule has 0 bridgehead atoms. The SMILES string of the molecule is C.COc1ccnc2c1ccc1c(=O)cc[nH]c12.COc1ccnc2c1ccc1c(OC)ccnc12.Cc1ccnc2c1ccc1c(=O)cc[nH]c12.O=c1cc[nH]c2c1ccc1c(Cl)ccnc12.c1cnc2c(c1)ccc1cccnc12. The summed E-state index contributed by atoms with van der Waals surface area (Å²) in [6.07, 6.45) is 17.0. The highest BCUT2D eigenvalue weighted by atomic mass is 35.5. The standard InChI is InChI=1S/C14H12N2O2.C13H10N2O2.C13H10N2O.C12H7ClN2O.C12H8N2.CH4/c1-17-11-5-7-15-13-9(11)3-4-10-12(18-2)6-8-16-14(10)13;1-17-11-5-7-15-13-9(11)3-2-8-10(16)4-6-14-12(8)13;1-8-4-6-14-12-9(8)2-3-10-11(16)5-7-15-13(10)12;13-9-3-5-14-11-7(9)1-2-8-10(16)4-6-15-12(8)11;1-3-9-5-6-10-4-2-8-14-12(10)11(9)13-7-1;/h3-8H,1-2H3;2-7H,1H3,(H,14,16);2-7H,1H3,(H,15,16);1-6H,(H,15,16);1-8H;1H4. The van der Waals surface area contributed by atoms with Crippen LogP contribution in [0.2, 0.25) is 5.02 Å². The smallest absolute Gasteiger partial charge is 0.189 e. The minimum Gasteiger partial charge on any atom is -0.496 e. The Morgan fingerprint density at radius 3 is 1.11 bits per heavy atom. The van der Waals surface area contributed by atoms with Crippen molar-refractivity contribution in [2.24, 2.45) is 0 Å². The van der Waals surface area contributed by atoms with Crippen LogP contribution in [0.4, 0.5) is 0 Å². The largest absolute Gasteiger partial charge is 0.496 e. The monoisotopic (exact) mass is 1100 g/mol. The van der Waals surface area contributed by atoms with Gasteiger partial charge in [-0.2, -0.15) is 0 Å². The number of methoxy groups -OCH3 is 3. The molecule has 0 amide bonds. The van der Waals surface area contributed by atoms with E-state index in [0.29, 0.717) is 21.2 Å². The first-order valence-electron chi connectivity index (χ1n) is 25.3. The van der Waals surface area contributed by atoms with Crippen LogP contribution in [-0.4, -0.2) is 71.2 Å². The van der Waals surface area contributed by atoms with Crippen LogP contribution in [0.3, 0.4) is 0 Å². The molecule has 0 spiro atoms. The molecule has 0 saturated heterocycles. The molecular formula is C65H51ClN10O6. The maximum Gasteiger partial charge on any atom is 0.189 e. The Balaban J connectivity index is 0.000000115. The first-order chi connectivity index (χ1) is 39.6. The first-order valence-corrected chi connectivity index (χ1v) is 25.7. The van der Waals surface area contributed by atoms with E-state index in [0.717, 1.165) is 116 Å². The number of fused-ring (bicyclic) bond motifs is 15. The zero-order valence-electron chi connectivity index (χ0n) is 43.9. The van der Waals surface area contributed by atoms with Gasteiger partial charge in [-0.25, -0.2) is 0 Å². The average Bonchev–Trinajstić information content (AvgIpc) is 3.60. The number of ether oxygens (including phenoxy) is 3. The molecular weight excluding hydrogens is 1050 g/mol. The lowest BCUT2D eigenvalue weighted by atomic mass is 10.1. The Morgan fingerprint density at radius 1 is 0.341 bits per heavy atom. The van der Waals surface area contributed by atoms with Gasteiger partial charge in [0, 0.05) is 134 Å². The van der Waals surface area contributed by atoms with Gasteiger partial charge in [-0.05, 0) is 91.3 Å². The van der Waals surface area contributed by atoms with Crippen LogP contribution >= 0.6 is 11.6 Å². The van der Waals surface area contributed by atoms with Crippen molar-refractivity contribution >= 4 is 121 Å². The highest BCUT2D eigenvalue weighted by Gasteiger charge is 2.12. The molecule has 0 fully saturated rings. The molecule has 15 rings (SSSR count). The molecule has 5 aromatic carbocycles. The van der Waals surface area contributed by atoms with Crippen LogP contribution in [0.1, 0.15) is 13.0 Å². The predicted molar refractivity (Wildman–Crippen MR) is 330 cm³/mol. The van der Waals surface area contributed by atoms with E-state index in [-0.39, 0.29) is 23.7 Å². The fourth-order valence-electron chi connectivity index (χ4n) is 9.65. The van der Waals surface area contributed by atoms with E-state index in [9.17, 15) is 14.4 Å². The number of H-pyrrole nitrogens is 3. The second kappa shape index (κ2) is 24.1. The van der Waals surface area contributed by atoms with Gasteiger partial charge in [-0.1, -0.05) is 55.4 Å². The van der Waals surface area contributed by atoms with E-state index < -0.39 is 0 Å². The molecule has 0 saturated carbocycles. The lowest BCUT2D eigenvalue weighted by molar-refractivity contribution is 0.419. The highest BCUT2D eigenvalue weighted by Crippen LogP contribution is 2.33. The highest BCUT2D eigenvalue weighted by molar-refractivity contribution is 6.36. The quantitative estimate of drug-likeness (QED) is 0.141. The molecule has 10 aromatic heterocycles. The van der Waals surface area contributed by atoms with Crippen molar-refractivity contribution in [2.75, 3.05) is 21.3 Å². The Morgan fingerprint density at radius 2 is 0.671 bits per heavy atom. The summed E-state index contributed by atoms with van der Waals surface area (Å²) in [6.45, 7) is 2.04. The van der Waals surface area contributed by atoms with Gasteiger partial charge < -0.3 is 29.2 Å². The number of rotatable bonds is 3. The summed E-state index contributed by atoms with van der Waals surface area (Å²) < 4.78 is 15.9. The molecule has 17 heteroatoms. The fourth-order valence-corrected chi connectivity index (χ4v) is 9.86. The molecule has 10 heterocycles. The van der Waals surface area contributed by atoms with Crippen molar-refractivity contribution in [2.45, 2.75) is 14.4 Å². The maximum atomic E-state index is 11.7. The zero-order chi connectivity index (χ0) is 56.0. The first kappa shape index (κ1) is 54.6. The van der Waals surface area contributed by atoms with Crippen LogP contribution in [0.15, 0.2) is 210 Å². The lowest BCUT2D eigenvalue weighted by Crippen LogP contribution is -2.00. The number of hydrogen-bond acceptors (Lipinski definition) is 13. The summed E-state index contributed by atoms with van der Waals surface area (Å²) in [7, 11) is 4.92. The van der Waals surface area contributed by atoms with Gasteiger partial charge in [0.2, 0.25) is 0 Å². The van der Waals surface area contributed by atoms with E-state index in [2.05, 4.69) is 74.1 Å². The Hall–Kier alpha value is -10.7. The molecule has 0 aliphatic heterocycles. The number of nitrogens with zero attached hydrogens (tertiary/aromatic N) is 7. The minimum atomic E-state index is -0.0163. The van der Waals surface area contributed by atoms with Crippen molar-refractivity contribution < 1.29 is 14.2 Å². The minimum absolute atomic E-state index is 0. The molecule has 16 nitrogen and oxygen atoms in total. The number of aryl methyl sites for hydroxylation is 1. The van der Waals surface area contributed by atoms with Gasteiger partial charge in [0.15, 0.2) is 16.3 Å². The number of nitrogens with one attached hydrogen (secondary N) is 3. The molecule has 0 unspecified atom stereocenters. The van der Waals surface area contributed by atoms with Gasteiger partial charge >= 0.3 is 0 Å². The van der Waals surface area contributed by atoms with Gasteiger partial charge in [-0.15, -0.1) is 0 Å². The summed E-state index contributed by atoms with van der Waals surface area (Å²) in [5.74, 6) is 2.35. The van der Waals surface area contributed by atoms with Crippen molar-refractivity contribution in [3.05, 3.63) is 237 Å². The number of halogens is 1. The topological polar surface area (TPSA) is 216 Å². The second-order valence-electron chi connectivity index (χ2n) is 18.2. The summed E-state index contributed by atoms with van der Waals surface area (Å²) in [5.41, 5.74) is 9.39. The van der Waals surface area contributed by atoms with Crippen LogP contribution in [0.5, 0.6) is 17.2 Å². The molecule has 0 aliphatic carbocycles. The van der Waals surface area contributed by atoms with Crippen molar-refractivity contribution in [3.8, 4) is 17.2 Å². The molecule has 0 radical (unpaired) electrons. The van der Waals surface area contributed by atoms with Crippen LogP contribution < -0.4 is 30.5 Å². The van der Waals surface area contributed by atoms with Crippen LogP contribution in [0, 0.1) is 6.92 Å². The van der Waals surface area contributed by atoms with Crippen molar-refractivity contribution in [1.29, 1.82) is 0 Å². The Kier molecular flexibility index (Phi) is 16.1. The van der Waals surface area contributed by atoms with E-state index in [4.69, 9.17) is 25.8 Å². The number of pyridine rings is 10. The summed E-state index contributed by atoms with van der Waals surface area (Å²) in [6, 6.07) is 40.9. The fraction of sp³-hybridized carbons (Fsp3) is 0.0769. The van der Waals surface area contributed by atoms with Gasteiger partial charge in [0.05, 0.1) is 70.5 Å². The van der Waals surface area contributed by atoms with Gasteiger partial charge in [-0.3, -0.25) is 49.3 Å². The molecule has 82 heavy (non-hydrogen) atoms. The summed E-state index contributed by atoms with van der Waals surface area (Å²) >= 11 is 6.07. The number of benzene rings is 5. The molecule has 3 N–H and O–H groups in total. The van der Waals surface area contributed by atoms with E-state index in [1.54, 1.807) is 108 Å². The summed E-state index contributed by atoms with van der Waals surface area (Å²) in [5, 5.41) is 9.59. The molecule has 15 aromatic rings. The number of aromatic nitrogens is 10. The Labute approximate surface area is 472 Å². The number of hydrogen-bond donors (Lipinski definition) is 3. The van der Waals surface area contributed by atoms with Crippen LogP contribution in [-0.2, 0) is 0 Å².